The summed E-state index contributed by atoms with van der Waals surface area (Å²) in [6, 6.07) is 5.24. The van der Waals surface area contributed by atoms with Gasteiger partial charge in [-0.2, -0.15) is 0 Å². The summed E-state index contributed by atoms with van der Waals surface area (Å²) in [5.74, 6) is 4.97. The average Bonchev–Trinajstić information content (AvgIpc) is 2.71. The van der Waals surface area contributed by atoms with E-state index < -0.39 is 0 Å². The molecule has 4 heteroatoms. The van der Waals surface area contributed by atoms with Gasteiger partial charge in [-0.25, -0.2) is 4.79 Å². The van der Waals surface area contributed by atoms with Crippen molar-refractivity contribution in [2.45, 2.75) is 20.0 Å². The standard InChI is InChI=1S/C14H12O4/c1-2-17-13(15)5-3-4-10-6-7-12-11(8-10)9-18-14(12)16/h6-8H,2,5,9H2,1H3. The Morgan fingerprint density at radius 1 is 1.50 bits per heavy atom. The first kappa shape index (κ1) is 12.2. The first-order chi connectivity index (χ1) is 8.70. The third kappa shape index (κ3) is 2.69. The molecule has 0 saturated carbocycles. The van der Waals surface area contributed by atoms with Crippen LogP contribution in [0.3, 0.4) is 0 Å². The van der Waals surface area contributed by atoms with Crippen LogP contribution in [0.5, 0.6) is 0 Å². The molecule has 0 aliphatic carbocycles. The van der Waals surface area contributed by atoms with E-state index in [0.717, 1.165) is 11.1 Å². The molecule has 2 rings (SSSR count). The minimum absolute atomic E-state index is 0.0698. The number of esters is 2. The van der Waals surface area contributed by atoms with Gasteiger partial charge in [0.05, 0.1) is 12.2 Å². The van der Waals surface area contributed by atoms with E-state index in [9.17, 15) is 9.59 Å². The summed E-state index contributed by atoms with van der Waals surface area (Å²) < 4.78 is 9.65. The molecule has 4 nitrogen and oxygen atoms in total. The Morgan fingerprint density at radius 3 is 3.11 bits per heavy atom. The largest absolute Gasteiger partial charge is 0.465 e. The topological polar surface area (TPSA) is 52.6 Å². The fourth-order valence-corrected chi connectivity index (χ4v) is 1.64. The van der Waals surface area contributed by atoms with Crippen molar-refractivity contribution in [3.63, 3.8) is 0 Å². The summed E-state index contributed by atoms with van der Waals surface area (Å²) in [5, 5.41) is 0. The zero-order chi connectivity index (χ0) is 13.0. The maximum Gasteiger partial charge on any atom is 0.338 e. The molecule has 92 valence electrons. The third-order valence-electron chi connectivity index (χ3n) is 2.45. The second-order valence-corrected chi connectivity index (χ2v) is 3.73. The summed E-state index contributed by atoms with van der Waals surface area (Å²) in [6.45, 7) is 2.41. The summed E-state index contributed by atoms with van der Waals surface area (Å²) in [7, 11) is 0. The van der Waals surface area contributed by atoms with Gasteiger partial charge in [0, 0.05) is 11.1 Å². The summed E-state index contributed by atoms with van der Waals surface area (Å²) in [4.78, 5) is 22.3. The molecule has 0 saturated heterocycles. The Balaban J connectivity index is 2.05. The van der Waals surface area contributed by atoms with Crippen molar-refractivity contribution in [3.05, 3.63) is 34.9 Å². The van der Waals surface area contributed by atoms with Crippen LogP contribution in [-0.2, 0) is 20.9 Å². The van der Waals surface area contributed by atoms with Crippen molar-refractivity contribution in [2.24, 2.45) is 0 Å². The molecule has 0 fully saturated rings. The first-order valence-corrected chi connectivity index (χ1v) is 5.65. The molecule has 1 aliphatic rings. The molecular formula is C14H12O4. The SMILES string of the molecule is CCOC(=O)CC#Cc1ccc2c(c1)COC2=O. The number of cyclic esters (lactones) is 1. The molecule has 18 heavy (non-hydrogen) atoms. The highest BCUT2D eigenvalue weighted by atomic mass is 16.5. The molecule has 1 aromatic rings. The third-order valence-corrected chi connectivity index (χ3v) is 2.45. The molecule has 1 aliphatic heterocycles. The fourth-order valence-electron chi connectivity index (χ4n) is 1.64. The van der Waals surface area contributed by atoms with Gasteiger partial charge < -0.3 is 9.47 Å². The van der Waals surface area contributed by atoms with Crippen LogP contribution in [0.2, 0.25) is 0 Å². The van der Waals surface area contributed by atoms with E-state index in [1.807, 2.05) is 0 Å². The van der Waals surface area contributed by atoms with E-state index >= 15 is 0 Å². The van der Waals surface area contributed by atoms with Crippen molar-refractivity contribution in [1.82, 2.24) is 0 Å². The molecule has 0 atom stereocenters. The van der Waals surface area contributed by atoms with Crippen LogP contribution in [0.4, 0.5) is 0 Å². The Morgan fingerprint density at radius 2 is 2.33 bits per heavy atom. The molecule has 1 heterocycles. The lowest BCUT2D eigenvalue weighted by Gasteiger charge is -1.96. The predicted octanol–water partition coefficient (Wildman–Crippen LogP) is 1.66. The zero-order valence-electron chi connectivity index (χ0n) is 9.99. The number of ether oxygens (including phenoxy) is 2. The van der Waals surface area contributed by atoms with Crippen molar-refractivity contribution < 1.29 is 19.1 Å². The van der Waals surface area contributed by atoms with Gasteiger partial charge in [-0.05, 0) is 25.1 Å². The second kappa shape index (κ2) is 5.37. The Bertz CT molecular complexity index is 549. The van der Waals surface area contributed by atoms with Crippen molar-refractivity contribution in [3.8, 4) is 11.8 Å². The Kier molecular flexibility index (Phi) is 3.63. The molecule has 0 radical (unpaired) electrons. The van der Waals surface area contributed by atoms with Crippen molar-refractivity contribution in [2.75, 3.05) is 6.61 Å². The van der Waals surface area contributed by atoms with Gasteiger partial charge in [-0.3, -0.25) is 4.79 Å². The zero-order valence-corrected chi connectivity index (χ0v) is 9.99. The van der Waals surface area contributed by atoms with Gasteiger partial charge in [-0.1, -0.05) is 11.8 Å². The molecule has 0 bridgehead atoms. The van der Waals surface area contributed by atoms with Crippen LogP contribution in [-0.4, -0.2) is 18.5 Å². The van der Waals surface area contributed by atoms with E-state index in [0.29, 0.717) is 18.8 Å². The van der Waals surface area contributed by atoms with Gasteiger partial charge in [0.1, 0.15) is 13.0 Å². The van der Waals surface area contributed by atoms with Crippen LogP contribution >= 0.6 is 0 Å². The van der Waals surface area contributed by atoms with E-state index in [2.05, 4.69) is 11.8 Å². The van der Waals surface area contributed by atoms with E-state index in [1.54, 1.807) is 25.1 Å². The first-order valence-electron chi connectivity index (χ1n) is 5.65. The quantitative estimate of drug-likeness (QED) is 0.586. The molecule has 0 aromatic heterocycles. The number of carbonyl (C=O) groups is 2. The number of benzene rings is 1. The van der Waals surface area contributed by atoms with Gasteiger partial charge in [0.15, 0.2) is 0 Å². The van der Waals surface area contributed by atoms with Crippen molar-refractivity contribution in [1.29, 1.82) is 0 Å². The number of hydrogen-bond donors (Lipinski definition) is 0. The van der Waals surface area contributed by atoms with E-state index in [4.69, 9.17) is 9.47 Å². The molecule has 0 N–H and O–H groups in total. The highest BCUT2D eigenvalue weighted by molar-refractivity contribution is 5.93. The van der Waals surface area contributed by atoms with Crippen LogP contribution in [0, 0.1) is 11.8 Å². The summed E-state index contributed by atoms with van der Waals surface area (Å²) in [5.41, 5.74) is 2.19. The van der Waals surface area contributed by atoms with Crippen LogP contribution in [0.15, 0.2) is 18.2 Å². The van der Waals surface area contributed by atoms with Gasteiger partial charge in [-0.15, -0.1) is 0 Å². The highest BCUT2D eigenvalue weighted by Crippen LogP contribution is 2.20. The molecule has 0 unspecified atom stereocenters. The lowest BCUT2D eigenvalue weighted by molar-refractivity contribution is -0.141. The summed E-state index contributed by atoms with van der Waals surface area (Å²) in [6.07, 6.45) is 0.0698. The molecule has 0 amide bonds. The van der Waals surface area contributed by atoms with Crippen LogP contribution < -0.4 is 0 Å². The van der Waals surface area contributed by atoms with E-state index in [1.165, 1.54) is 0 Å². The number of carbonyl (C=O) groups excluding carboxylic acids is 2. The molecular weight excluding hydrogens is 232 g/mol. The lowest BCUT2D eigenvalue weighted by Crippen LogP contribution is -2.01. The van der Waals surface area contributed by atoms with Crippen molar-refractivity contribution >= 4 is 11.9 Å². The van der Waals surface area contributed by atoms with Gasteiger partial charge in [0.2, 0.25) is 0 Å². The fraction of sp³-hybridized carbons (Fsp3) is 0.286. The average molecular weight is 244 g/mol. The van der Waals surface area contributed by atoms with Gasteiger partial charge >= 0.3 is 11.9 Å². The normalized spacial score (nSPS) is 12.2. The number of rotatable bonds is 2. The molecule has 0 spiro atoms. The van der Waals surface area contributed by atoms with E-state index in [-0.39, 0.29) is 18.4 Å². The lowest BCUT2D eigenvalue weighted by atomic mass is 10.1. The molecule has 1 aromatic carbocycles. The maximum absolute atomic E-state index is 11.2. The minimum atomic E-state index is -0.329. The second-order valence-electron chi connectivity index (χ2n) is 3.73. The van der Waals surface area contributed by atoms with Crippen LogP contribution in [0.25, 0.3) is 0 Å². The number of fused-ring (bicyclic) bond motifs is 1. The summed E-state index contributed by atoms with van der Waals surface area (Å²) >= 11 is 0. The number of hydrogen-bond acceptors (Lipinski definition) is 4. The van der Waals surface area contributed by atoms with Crippen LogP contribution in [0.1, 0.15) is 34.8 Å². The Labute approximate surface area is 105 Å². The maximum atomic E-state index is 11.2. The minimum Gasteiger partial charge on any atom is -0.465 e. The highest BCUT2D eigenvalue weighted by Gasteiger charge is 2.20. The monoisotopic (exact) mass is 244 g/mol. The Hall–Kier alpha value is -2.28. The van der Waals surface area contributed by atoms with Gasteiger partial charge in [0.25, 0.3) is 0 Å². The predicted molar refractivity (Wildman–Crippen MR) is 63.7 cm³/mol. The smallest absolute Gasteiger partial charge is 0.338 e.